The van der Waals surface area contributed by atoms with Crippen LogP contribution < -0.4 is 10.6 Å². The second kappa shape index (κ2) is 8.18. The van der Waals surface area contributed by atoms with Crippen molar-refractivity contribution >= 4 is 12.0 Å². The number of hydrogen-bond donors (Lipinski definition) is 2. The smallest absolute Gasteiger partial charge is 0.408 e. The fourth-order valence-corrected chi connectivity index (χ4v) is 2.67. The van der Waals surface area contributed by atoms with Crippen molar-refractivity contribution in [3.63, 3.8) is 0 Å². The van der Waals surface area contributed by atoms with Gasteiger partial charge in [-0.1, -0.05) is 5.16 Å². The molecule has 0 radical (unpaired) electrons. The van der Waals surface area contributed by atoms with E-state index in [0.717, 1.165) is 0 Å². The van der Waals surface area contributed by atoms with Crippen molar-refractivity contribution in [2.24, 2.45) is 0 Å². The molecule has 152 valence electrons. The number of alkyl carbamates (subject to hydrolysis) is 1. The zero-order valence-electron chi connectivity index (χ0n) is 16.0. The van der Waals surface area contributed by atoms with E-state index >= 15 is 0 Å². The molecule has 1 aliphatic rings. The molecular formula is C17H26F2N4O4. The first-order chi connectivity index (χ1) is 12.5. The Labute approximate surface area is 156 Å². The fraction of sp³-hybridized carbons (Fsp3) is 0.765. The SMILES string of the molecule is C[C@@H](NC(=O)OC(C)(C)C)C(=O)NCc1nc(C2CCC(F)(F)CC2)no1. The molecule has 8 nitrogen and oxygen atoms in total. The first kappa shape index (κ1) is 21.0. The van der Waals surface area contributed by atoms with Crippen molar-refractivity contribution in [1.82, 2.24) is 20.8 Å². The van der Waals surface area contributed by atoms with E-state index in [9.17, 15) is 18.4 Å². The van der Waals surface area contributed by atoms with Gasteiger partial charge in [-0.25, -0.2) is 13.6 Å². The zero-order valence-corrected chi connectivity index (χ0v) is 16.0. The van der Waals surface area contributed by atoms with Crippen LogP contribution >= 0.6 is 0 Å². The third kappa shape index (κ3) is 6.76. The molecule has 1 aromatic heterocycles. The molecule has 2 N–H and O–H groups in total. The minimum Gasteiger partial charge on any atom is -0.444 e. The average Bonchev–Trinajstić information content (AvgIpc) is 2.99. The van der Waals surface area contributed by atoms with E-state index in [2.05, 4.69) is 20.8 Å². The molecule has 1 atom stereocenters. The molecule has 27 heavy (non-hydrogen) atoms. The molecule has 2 amide bonds. The third-order valence-electron chi connectivity index (χ3n) is 4.11. The molecule has 0 saturated heterocycles. The van der Waals surface area contributed by atoms with Gasteiger partial charge in [-0.15, -0.1) is 0 Å². The number of nitrogens with zero attached hydrogens (tertiary/aromatic N) is 2. The second-order valence-electron chi connectivity index (χ2n) is 7.76. The van der Waals surface area contributed by atoms with Gasteiger partial charge in [0.1, 0.15) is 11.6 Å². The molecule has 0 unspecified atom stereocenters. The number of halogens is 2. The van der Waals surface area contributed by atoms with E-state index in [1.165, 1.54) is 6.92 Å². The van der Waals surface area contributed by atoms with E-state index in [1.54, 1.807) is 20.8 Å². The van der Waals surface area contributed by atoms with Crippen molar-refractivity contribution in [1.29, 1.82) is 0 Å². The normalized spacial score (nSPS) is 18.6. The molecule has 0 bridgehead atoms. The van der Waals surface area contributed by atoms with Crippen LogP contribution in [0.25, 0.3) is 0 Å². The summed E-state index contributed by atoms with van der Waals surface area (Å²) in [4.78, 5) is 27.9. The van der Waals surface area contributed by atoms with Crippen molar-refractivity contribution in [2.45, 2.75) is 83.4 Å². The Balaban J connectivity index is 1.79. The van der Waals surface area contributed by atoms with Crippen LogP contribution in [0.5, 0.6) is 0 Å². The van der Waals surface area contributed by atoms with Crippen LogP contribution in [-0.4, -0.2) is 39.7 Å². The lowest BCUT2D eigenvalue weighted by molar-refractivity contribution is -0.123. The molecule has 1 aliphatic carbocycles. The molecule has 1 saturated carbocycles. The Morgan fingerprint density at radius 3 is 2.56 bits per heavy atom. The second-order valence-corrected chi connectivity index (χ2v) is 7.76. The van der Waals surface area contributed by atoms with E-state index in [4.69, 9.17) is 9.26 Å². The van der Waals surface area contributed by atoms with E-state index in [-0.39, 0.29) is 31.2 Å². The highest BCUT2D eigenvalue weighted by Crippen LogP contribution is 2.39. The molecule has 0 spiro atoms. The van der Waals surface area contributed by atoms with Crippen LogP contribution in [0, 0.1) is 0 Å². The summed E-state index contributed by atoms with van der Waals surface area (Å²) in [6.07, 6.45) is -0.470. The van der Waals surface area contributed by atoms with Gasteiger partial charge in [0.2, 0.25) is 17.7 Å². The third-order valence-corrected chi connectivity index (χ3v) is 4.11. The quantitative estimate of drug-likeness (QED) is 0.803. The summed E-state index contributed by atoms with van der Waals surface area (Å²) in [6, 6.07) is -0.817. The topological polar surface area (TPSA) is 106 Å². The zero-order chi connectivity index (χ0) is 20.2. The molecule has 1 heterocycles. The van der Waals surface area contributed by atoms with E-state index in [0.29, 0.717) is 18.7 Å². The molecule has 10 heteroatoms. The van der Waals surface area contributed by atoms with Gasteiger partial charge in [-0.2, -0.15) is 4.98 Å². The number of ether oxygens (including phenoxy) is 1. The maximum absolute atomic E-state index is 13.2. The van der Waals surface area contributed by atoms with Crippen LogP contribution in [0.1, 0.15) is 71.0 Å². The first-order valence-electron chi connectivity index (χ1n) is 8.93. The molecule has 0 aliphatic heterocycles. The fourth-order valence-electron chi connectivity index (χ4n) is 2.67. The number of carbonyl (C=O) groups is 2. The highest BCUT2D eigenvalue weighted by Gasteiger charge is 2.37. The summed E-state index contributed by atoms with van der Waals surface area (Å²) < 4.78 is 36.6. The van der Waals surface area contributed by atoms with Gasteiger partial charge in [-0.3, -0.25) is 4.79 Å². The number of carbonyl (C=O) groups excluding carboxylic acids is 2. The van der Waals surface area contributed by atoms with Gasteiger partial charge >= 0.3 is 6.09 Å². The van der Waals surface area contributed by atoms with Crippen LogP contribution in [-0.2, 0) is 16.1 Å². The molecule has 1 aromatic rings. The molecule has 1 fully saturated rings. The Kier molecular flexibility index (Phi) is 6.38. The minimum atomic E-state index is -2.62. The number of nitrogens with one attached hydrogen (secondary N) is 2. The number of aromatic nitrogens is 2. The Bertz CT molecular complexity index is 662. The van der Waals surface area contributed by atoms with E-state index < -0.39 is 29.6 Å². The summed E-state index contributed by atoms with van der Waals surface area (Å²) in [5, 5.41) is 8.82. The predicted molar refractivity (Wildman–Crippen MR) is 91.1 cm³/mol. The van der Waals surface area contributed by atoms with Crippen LogP contribution in [0.2, 0.25) is 0 Å². The summed E-state index contributed by atoms with van der Waals surface area (Å²) in [6.45, 7) is 6.66. The monoisotopic (exact) mass is 388 g/mol. The maximum atomic E-state index is 13.2. The Hall–Kier alpha value is -2.26. The number of amides is 2. The largest absolute Gasteiger partial charge is 0.444 e. The highest BCUT2D eigenvalue weighted by molar-refractivity contribution is 5.85. The molecular weight excluding hydrogens is 362 g/mol. The Morgan fingerprint density at radius 2 is 1.96 bits per heavy atom. The van der Waals surface area contributed by atoms with Crippen LogP contribution in [0.15, 0.2) is 4.52 Å². The summed E-state index contributed by atoms with van der Waals surface area (Å²) in [5.41, 5.74) is -0.663. The minimum absolute atomic E-state index is 0.0188. The van der Waals surface area contributed by atoms with Gasteiger partial charge < -0.3 is 19.9 Å². The van der Waals surface area contributed by atoms with Crippen molar-refractivity contribution in [3.05, 3.63) is 11.7 Å². The van der Waals surface area contributed by atoms with Crippen molar-refractivity contribution in [3.8, 4) is 0 Å². The van der Waals surface area contributed by atoms with Gasteiger partial charge in [0, 0.05) is 18.8 Å². The summed E-state index contributed by atoms with van der Waals surface area (Å²) in [5.74, 6) is -2.66. The highest BCUT2D eigenvalue weighted by atomic mass is 19.3. The van der Waals surface area contributed by atoms with Gasteiger partial charge in [0.05, 0.1) is 6.54 Å². The summed E-state index contributed by atoms with van der Waals surface area (Å²) in [7, 11) is 0. The number of alkyl halides is 2. The number of rotatable bonds is 5. The Morgan fingerprint density at radius 1 is 1.33 bits per heavy atom. The number of hydrogen-bond acceptors (Lipinski definition) is 6. The van der Waals surface area contributed by atoms with E-state index in [1.807, 2.05) is 0 Å². The lowest BCUT2D eigenvalue weighted by Crippen LogP contribution is -2.46. The maximum Gasteiger partial charge on any atom is 0.408 e. The molecule has 0 aromatic carbocycles. The lowest BCUT2D eigenvalue weighted by Gasteiger charge is -2.26. The molecule has 2 rings (SSSR count). The van der Waals surface area contributed by atoms with Crippen LogP contribution in [0.4, 0.5) is 13.6 Å². The summed E-state index contributed by atoms with van der Waals surface area (Å²) >= 11 is 0. The van der Waals surface area contributed by atoms with Gasteiger partial charge in [0.25, 0.3) is 0 Å². The standard InChI is InChI=1S/C17H26F2N4O4/c1-10(21-15(25)26-16(2,3)4)14(24)20-9-12-22-13(23-27-12)11-5-7-17(18,19)8-6-11/h10-11H,5-9H2,1-4H3,(H,20,24)(H,21,25)/t10-/m1/s1. The van der Waals surface area contributed by atoms with Crippen molar-refractivity contribution < 1.29 is 27.6 Å². The first-order valence-corrected chi connectivity index (χ1v) is 8.93. The predicted octanol–water partition coefficient (Wildman–Crippen LogP) is 2.89. The van der Waals surface area contributed by atoms with Crippen molar-refractivity contribution in [2.75, 3.05) is 0 Å². The average molecular weight is 388 g/mol. The van der Waals surface area contributed by atoms with Gasteiger partial charge in [-0.05, 0) is 40.5 Å². The van der Waals surface area contributed by atoms with Crippen LogP contribution in [0.3, 0.4) is 0 Å². The lowest BCUT2D eigenvalue weighted by atomic mass is 9.86. The van der Waals surface area contributed by atoms with Gasteiger partial charge in [0.15, 0.2) is 5.82 Å².